The monoisotopic (exact) mass is 544 g/mol. The first-order valence-corrected chi connectivity index (χ1v) is 12.8. The fourth-order valence-corrected chi connectivity index (χ4v) is 5.19. The van der Waals surface area contributed by atoms with E-state index in [0.717, 1.165) is 26.7 Å². The van der Waals surface area contributed by atoms with Gasteiger partial charge in [-0.25, -0.2) is 0 Å². The normalized spacial score (nSPS) is 14.2. The van der Waals surface area contributed by atoms with Crippen molar-refractivity contribution in [1.29, 1.82) is 0 Å². The van der Waals surface area contributed by atoms with Gasteiger partial charge in [-0.3, -0.25) is 19.8 Å². The van der Waals surface area contributed by atoms with Crippen molar-refractivity contribution in [3.05, 3.63) is 140 Å². The smallest absolute Gasteiger partial charge is 0.269 e. The summed E-state index contributed by atoms with van der Waals surface area (Å²) in [6, 6.07) is 28.9. The summed E-state index contributed by atoms with van der Waals surface area (Å²) in [5.41, 5.74) is 3.65. The van der Waals surface area contributed by atoms with Crippen molar-refractivity contribution in [3.63, 3.8) is 0 Å². The molecule has 0 fully saturated rings. The summed E-state index contributed by atoms with van der Waals surface area (Å²) in [4.78, 5) is 27.6. The largest absolute Gasteiger partial charge is 0.276 e. The lowest BCUT2D eigenvalue weighted by Crippen LogP contribution is -2.24. The molecule has 4 aromatic rings. The average molecular weight is 545 g/mol. The fourth-order valence-electron chi connectivity index (χ4n) is 3.91. The van der Waals surface area contributed by atoms with Gasteiger partial charge in [0.2, 0.25) is 0 Å². The Morgan fingerprint density at radius 1 is 0.838 bits per heavy atom. The highest BCUT2D eigenvalue weighted by atomic mass is 35.5. The predicted octanol–water partition coefficient (Wildman–Crippen LogP) is 8.52. The van der Waals surface area contributed by atoms with Crippen molar-refractivity contribution >= 4 is 64.0 Å². The van der Waals surface area contributed by atoms with E-state index in [1.807, 2.05) is 60.7 Å². The Morgan fingerprint density at radius 2 is 1.49 bits per heavy atom. The molecular weight excluding hydrogens is 527 g/mol. The summed E-state index contributed by atoms with van der Waals surface area (Å²) < 4.78 is 0. The third-order valence-corrected chi connectivity index (χ3v) is 7.28. The number of halogens is 2. The third-order valence-electron chi connectivity index (χ3n) is 5.70. The van der Waals surface area contributed by atoms with E-state index in [4.69, 9.17) is 23.2 Å². The molecule has 182 valence electrons. The van der Waals surface area contributed by atoms with Gasteiger partial charge in [0.05, 0.1) is 10.6 Å². The second kappa shape index (κ2) is 10.6. The van der Waals surface area contributed by atoms with Gasteiger partial charge in [0.15, 0.2) is 0 Å². The zero-order valence-electron chi connectivity index (χ0n) is 19.2. The van der Waals surface area contributed by atoms with Gasteiger partial charge in [-0.1, -0.05) is 71.4 Å². The number of benzene rings is 4. The van der Waals surface area contributed by atoms with Crippen molar-refractivity contribution in [2.24, 2.45) is 0 Å². The number of hydrogen-bond acceptors (Lipinski definition) is 4. The molecule has 1 heterocycles. The summed E-state index contributed by atoms with van der Waals surface area (Å²) in [6.07, 6.45) is 3.63. The van der Waals surface area contributed by atoms with E-state index < -0.39 is 4.92 Å². The number of amides is 1. The van der Waals surface area contributed by atoms with Crippen molar-refractivity contribution in [2.45, 2.75) is 9.79 Å². The molecule has 0 saturated heterocycles. The second-order valence-electron chi connectivity index (χ2n) is 8.15. The maximum absolute atomic E-state index is 13.6. The van der Waals surface area contributed by atoms with Crippen LogP contribution in [0, 0.1) is 10.1 Å². The topological polar surface area (TPSA) is 63.5 Å². The quantitative estimate of drug-likeness (QED) is 0.138. The van der Waals surface area contributed by atoms with Gasteiger partial charge in [-0.15, -0.1) is 0 Å². The lowest BCUT2D eigenvalue weighted by atomic mass is 10.1. The molecule has 5 rings (SSSR count). The Hall–Kier alpha value is -3.84. The van der Waals surface area contributed by atoms with Gasteiger partial charge in [0, 0.05) is 43.2 Å². The molecule has 0 radical (unpaired) electrons. The van der Waals surface area contributed by atoms with Crippen LogP contribution in [0.3, 0.4) is 0 Å². The number of nitrogens with zero attached hydrogens (tertiary/aromatic N) is 2. The average Bonchev–Trinajstić information content (AvgIpc) is 3.23. The van der Waals surface area contributed by atoms with E-state index in [9.17, 15) is 14.9 Å². The van der Waals surface area contributed by atoms with Gasteiger partial charge in [-0.05, 0) is 71.8 Å². The Bertz CT molecular complexity index is 1550. The summed E-state index contributed by atoms with van der Waals surface area (Å²) in [5, 5.41) is 11.9. The van der Waals surface area contributed by atoms with Crippen LogP contribution in [0.25, 0.3) is 11.8 Å². The number of nitro benzene ring substituents is 1. The van der Waals surface area contributed by atoms with Gasteiger partial charge in [0.25, 0.3) is 11.6 Å². The number of anilines is 1. The molecule has 37 heavy (non-hydrogen) atoms. The minimum atomic E-state index is -0.419. The number of carbonyl (C=O) groups excluding carboxylic acids is 1. The molecule has 1 amide bonds. The Kier molecular flexibility index (Phi) is 7.15. The third kappa shape index (κ3) is 5.47. The van der Waals surface area contributed by atoms with Crippen LogP contribution in [-0.4, -0.2) is 10.8 Å². The van der Waals surface area contributed by atoms with Gasteiger partial charge in [0.1, 0.15) is 0 Å². The van der Waals surface area contributed by atoms with Gasteiger partial charge in [-0.2, -0.15) is 0 Å². The highest BCUT2D eigenvalue weighted by Gasteiger charge is 2.30. The highest BCUT2D eigenvalue weighted by Crippen LogP contribution is 2.37. The molecule has 4 aromatic carbocycles. The van der Waals surface area contributed by atoms with Crippen LogP contribution in [0.4, 0.5) is 11.4 Å². The van der Waals surface area contributed by atoms with E-state index in [1.54, 1.807) is 41.3 Å². The minimum Gasteiger partial charge on any atom is -0.276 e. The molecule has 0 unspecified atom stereocenters. The predicted molar refractivity (Wildman–Crippen MR) is 150 cm³/mol. The van der Waals surface area contributed by atoms with Crippen LogP contribution in [-0.2, 0) is 4.79 Å². The van der Waals surface area contributed by atoms with Crippen LogP contribution in [0.2, 0.25) is 10.0 Å². The molecule has 5 nitrogen and oxygen atoms in total. The lowest BCUT2D eigenvalue weighted by molar-refractivity contribution is -0.384. The molecule has 0 spiro atoms. The molecular formula is C29H18Cl2N2O3S. The minimum absolute atomic E-state index is 0.0521. The zero-order chi connectivity index (χ0) is 25.9. The second-order valence-corrected chi connectivity index (χ2v) is 10.1. The molecule has 0 atom stereocenters. The molecule has 1 aliphatic heterocycles. The van der Waals surface area contributed by atoms with Gasteiger partial charge < -0.3 is 0 Å². The maximum atomic E-state index is 13.6. The number of rotatable bonds is 6. The highest BCUT2D eigenvalue weighted by molar-refractivity contribution is 7.99. The standard InChI is InChI=1S/C29H18Cl2N2O3S/c30-22-7-6-20(27(31)18-22)16-21-17-28(19-4-2-1-3-5-19)32(29(21)34)23-8-12-25(13-9-23)37-26-14-10-24(11-15-26)33(35)36/h1-18H/b21-16+. The summed E-state index contributed by atoms with van der Waals surface area (Å²) in [7, 11) is 0. The van der Waals surface area contributed by atoms with Crippen molar-refractivity contribution in [3.8, 4) is 0 Å². The summed E-state index contributed by atoms with van der Waals surface area (Å²) in [5.74, 6) is -0.166. The van der Waals surface area contributed by atoms with Crippen molar-refractivity contribution < 1.29 is 9.72 Å². The lowest BCUT2D eigenvalue weighted by Gasteiger charge is -2.21. The molecule has 0 aliphatic carbocycles. The van der Waals surface area contributed by atoms with Crippen molar-refractivity contribution in [1.82, 2.24) is 0 Å². The fraction of sp³-hybridized carbons (Fsp3) is 0. The van der Waals surface area contributed by atoms with Crippen LogP contribution in [0.5, 0.6) is 0 Å². The number of hydrogen-bond donors (Lipinski definition) is 0. The van der Waals surface area contributed by atoms with Crippen LogP contribution in [0.1, 0.15) is 11.1 Å². The summed E-state index contributed by atoms with van der Waals surface area (Å²) >= 11 is 13.9. The first kappa shape index (κ1) is 24.8. The van der Waals surface area contributed by atoms with Crippen LogP contribution < -0.4 is 4.90 Å². The molecule has 0 N–H and O–H groups in total. The molecule has 8 heteroatoms. The molecule has 1 aliphatic rings. The Balaban J connectivity index is 1.46. The van der Waals surface area contributed by atoms with E-state index in [0.29, 0.717) is 21.2 Å². The van der Waals surface area contributed by atoms with E-state index in [2.05, 4.69) is 0 Å². The molecule has 0 saturated carbocycles. The molecule has 0 bridgehead atoms. The number of carbonyl (C=O) groups is 1. The van der Waals surface area contributed by atoms with Crippen molar-refractivity contribution in [2.75, 3.05) is 4.90 Å². The SMILES string of the molecule is O=C1/C(=C/c2ccc(Cl)cc2Cl)C=C(c2ccccc2)N1c1ccc(Sc2ccc([N+](=O)[O-])cc2)cc1. The van der Waals surface area contributed by atoms with Crippen LogP contribution >= 0.6 is 35.0 Å². The first-order valence-electron chi connectivity index (χ1n) is 11.2. The maximum Gasteiger partial charge on any atom is 0.269 e. The number of non-ortho nitro benzene ring substituents is 1. The van der Waals surface area contributed by atoms with Crippen LogP contribution in [0.15, 0.2) is 119 Å². The first-order chi connectivity index (χ1) is 17.9. The molecule has 0 aromatic heterocycles. The Morgan fingerprint density at radius 3 is 2.11 bits per heavy atom. The van der Waals surface area contributed by atoms with E-state index in [1.165, 1.54) is 23.9 Å². The van der Waals surface area contributed by atoms with E-state index >= 15 is 0 Å². The summed E-state index contributed by atoms with van der Waals surface area (Å²) in [6.45, 7) is 0. The Labute approximate surface area is 227 Å². The zero-order valence-corrected chi connectivity index (χ0v) is 21.5. The van der Waals surface area contributed by atoms with Gasteiger partial charge >= 0.3 is 0 Å². The number of nitro groups is 1. The van der Waals surface area contributed by atoms with E-state index in [-0.39, 0.29) is 11.6 Å².